The number of methoxy groups -OCH3 is 2. The van der Waals surface area contributed by atoms with Gasteiger partial charge in [0.05, 0.1) is 14.2 Å². The summed E-state index contributed by atoms with van der Waals surface area (Å²) < 4.78 is 15.5. The van der Waals surface area contributed by atoms with Gasteiger partial charge in [0, 0.05) is 12.1 Å². The molecule has 1 N–H and O–H groups in total. The highest BCUT2D eigenvalue weighted by Gasteiger charge is 2.15. The lowest BCUT2D eigenvalue weighted by atomic mass is 10.1. The highest BCUT2D eigenvalue weighted by atomic mass is 16.6. The first-order valence-electron chi connectivity index (χ1n) is 7.15. The number of amides is 1. The average molecular weight is 321 g/mol. The fourth-order valence-electron chi connectivity index (χ4n) is 1.80. The van der Waals surface area contributed by atoms with E-state index in [9.17, 15) is 9.59 Å². The van der Waals surface area contributed by atoms with Gasteiger partial charge in [-0.3, -0.25) is 4.79 Å². The largest absolute Gasteiger partial charge is 0.493 e. The summed E-state index contributed by atoms with van der Waals surface area (Å²) in [6.07, 6.45) is 3.69. The van der Waals surface area contributed by atoms with E-state index in [2.05, 4.69) is 5.32 Å². The summed E-state index contributed by atoms with van der Waals surface area (Å²) in [6.45, 7) is 5.66. The third kappa shape index (κ3) is 6.02. The van der Waals surface area contributed by atoms with Gasteiger partial charge in [-0.2, -0.15) is 0 Å². The van der Waals surface area contributed by atoms with Crippen molar-refractivity contribution in [2.24, 2.45) is 0 Å². The molecule has 0 aliphatic rings. The van der Waals surface area contributed by atoms with Gasteiger partial charge in [-0.05, 0) is 38.5 Å². The van der Waals surface area contributed by atoms with Gasteiger partial charge in [0.2, 0.25) is 0 Å². The molecular formula is C17H23NO5. The van der Waals surface area contributed by atoms with E-state index in [0.29, 0.717) is 22.6 Å². The molecule has 6 nitrogen and oxygen atoms in total. The maximum atomic E-state index is 11.5. The molecule has 1 rings (SSSR count). The third-order valence-corrected chi connectivity index (χ3v) is 2.78. The van der Waals surface area contributed by atoms with E-state index >= 15 is 0 Å². The minimum Gasteiger partial charge on any atom is -0.493 e. The molecule has 6 heteroatoms. The molecule has 0 unspecified atom stereocenters. The molecule has 0 fully saturated rings. The fourth-order valence-corrected chi connectivity index (χ4v) is 1.80. The Morgan fingerprint density at radius 3 is 2.17 bits per heavy atom. The summed E-state index contributed by atoms with van der Waals surface area (Å²) in [5.74, 6) is 1.01. The Hall–Kier alpha value is -2.50. The van der Waals surface area contributed by atoms with Crippen molar-refractivity contribution in [3.8, 4) is 11.5 Å². The Balaban J connectivity index is 2.76. The number of rotatable bonds is 6. The van der Waals surface area contributed by atoms with Gasteiger partial charge in [0.25, 0.3) is 0 Å². The molecule has 0 saturated carbocycles. The van der Waals surface area contributed by atoms with Crippen LogP contribution in [-0.4, -0.2) is 38.7 Å². The number of aldehydes is 1. The molecule has 0 aliphatic carbocycles. The zero-order chi connectivity index (χ0) is 17.5. The summed E-state index contributed by atoms with van der Waals surface area (Å²) in [7, 11) is 3.03. The molecule has 0 radical (unpaired) electrons. The summed E-state index contributed by atoms with van der Waals surface area (Å²) in [5.41, 5.74) is 0.599. The minimum atomic E-state index is -0.540. The molecule has 0 atom stereocenters. The topological polar surface area (TPSA) is 73.9 Å². The lowest BCUT2D eigenvalue weighted by Gasteiger charge is -2.19. The second kappa shape index (κ2) is 8.22. The van der Waals surface area contributed by atoms with Crippen LogP contribution in [0.3, 0.4) is 0 Å². The van der Waals surface area contributed by atoms with Crippen molar-refractivity contribution in [3.63, 3.8) is 0 Å². The van der Waals surface area contributed by atoms with Crippen LogP contribution < -0.4 is 14.8 Å². The van der Waals surface area contributed by atoms with Gasteiger partial charge in [-0.15, -0.1) is 0 Å². The molecule has 126 valence electrons. The van der Waals surface area contributed by atoms with E-state index in [-0.39, 0.29) is 6.54 Å². The highest BCUT2D eigenvalue weighted by Crippen LogP contribution is 2.30. The number of carbonyl (C=O) groups is 2. The van der Waals surface area contributed by atoms with Crippen LogP contribution >= 0.6 is 0 Å². The Morgan fingerprint density at radius 1 is 1.13 bits per heavy atom. The second-order valence-electron chi connectivity index (χ2n) is 5.74. The van der Waals surface area contributed by atoms with Crippen LogP contribution in [-0.2, 0) is 4.74 Å². The first kappa shape index (κ1) is 18.5. The van der Waals surface area contributed by atoms with Crippen molar-refractivity contribution in [3.05, 3.63) is 29.3 Å². The van der Waals surface area contributed by atoms with Crippen LogP contribution in [0.15, 0.2) is 18.2 Å². The normalized spacial score (nSPS) is 11.2. The van der Waals surface area contributed by atoms with Crippen molar-refractivity contribution in [1.82, 2.24) is 5.32 Å². The molecule has 1 aromatic carbocycles. The minimum absolute atomic E-state index is 0.279. The number of carbonyl (C=O) groups excluding carboxylic acids is 2. The smallest absolute Gasteiger partial charge is 0.407 e. The van der Waals surface area contributed by atoms with Crippen LogP contribution in [0.25, 0.3) is 6.08 Å². The molecule has 0 heterocycles. The number of hydrogen-bond acceptors (Lipinski definition) is 5. The predicted molar refractivity (Wildman–Crippen MR) is 88.2 cm³/mol. The lowest BCUT2D eigenvalue weighted by Crippen LogP contribution is -2.32. The molecule has 0 aromatic heterocycles. The Morgan fingerprint density at radius 2 is 1.70 bits per heavy atom. The summed E-state index contributed by atoms with van der Waals surface area (Å²) >= 11 is 0. The number of hydrogen-bond donors (Lipinski definition) is 1. The Labute approximate surface area is 136 Å². The number of ether oxygens (including phenoxy) is 3. The van der Waals surface area contributed by atoms with Crippen LogP contribution in [0.5, 0.6) is 11.5 Å². The average Bonchev–Trinajstić information content (AvgIpc) is 2.48. The lowest BCUT2D eigenvalue weighted by molar-refractivity contribution is 0.0534. The van der Waals surface area contributed by atoms with Crippen molar-refractivity contribution < 1.29 is 23.8 Å². The molecule has 1 aromatic rings. The van der Waals surface area contributed by atoms with Gasteiger partial charge in [0.15, 0.2) is 17.8 Å². The van der Waals surface area contributed by atoms with Gasteiger partial charge < -0.3 is 19.5 Å². The zero-order valence-corrected chi connectivity index (χ0v) is 14.1. The standard InChI is InChI=1S/C17H23NO5/c1-17(2,3)23-16(20)18-8-6-7-12-9-14(21-4)15(22-5)10-13(12)11-19/h6-7,9-11H,8H2,1-5H3,(H,18,20). The summed E-state index contributed by atoms with van der Waals surface area (Å²) in [5, 5.41) is 2.61. The van der Waals surface area contributed by atoms with Crippen LogP contribution in [0.1, 0.15) is 36.7 Å². The molecule has 0 spiro atoms. The highest BCUT2D eigenvalue weighted by molar-refractivity contribution is 5.83. The monoisotopic (exact) mass is 321 g/mol. The van der Waals surface area contributed by atoms with Crippen molar-refractivity contribution in [1.29, 1.82) is 0 Å². The first-order chi connectivity index (χ1) is 10.8. The molecule has 23 heavy (non-hydrogen) atoms. The predicted octanol–water partition coefficient (Wildman–Crippen LogP) is 3.05. The van der Waals surface area contributed by atoms with Crippen LogP contribution in [0.2, 0.25) is 0 Å². The second-order valence-corrected chi connectivity index (χ2v) is 5.74. The summed E-state index contributed by atoms with van der Waals surface area (Å²) in [4.78, 5) is 22.7. The van der Waals surface area contributed by atoms with Gasteiger partial charge in [0.1, 0.15) is 5.60 Å². The first-order valence-corrected chi connectivity index (χ1v) is 7.15. The SMILES string of the molecule is COc1cc(C=O)c(C=CCNC(=O)OC(C)(C)C)cc1OC. The molecule has 0 aliphatic heterocycles. The quantitative estimate of drug-likeness (QED) is 0.815. The van der Waals surface area contributed by atoms with E-state index in [4.69, 9.17) is 14.2 Å². The van der Waals surface area contributed by atoms with E-state index in [1.807, 2.05) is 0 Å². The van der Waals surface area contributed by atoms with E-state index in [0.717, 1.165) is 6.29 Å². The van der Waals surface area contributed by atoms with Gasteiger partial charge in [-0.1, -0.05) is 12.2 Å². The van der Waals surface area contributed by atoms with Gasteiger partial charge >= 0.3 is 6.09 Å². The van der Waals surface area contributed by atoms with Crippen molar-refractivity contribution in [2.45, 2.75) is 26.4 Å². The Bertz CT molecular complexity index is 587. The van der Waals surface area contributed by atoms with Crippen LogP contribution in [0.4, 0.5) is 4.79 Å². The maximum absolute atomic E-state index is 11.5. The zero-order valence-electron chi connectivity index (χ0n) is 14.1. The summed E-state index contributed by atoms with van der Waals surface area (Å²) in [6, 6.07) is 3.30. The molecule has 0 bridgehead atoms. The fraction of sp³-hybridized carbons (Fsp3) is 0.412. The van der Waals surface area contributed by atoms with E-state index < -0.39 is 11.7 Å². The maximum Gasteiger partial charge on any atom is 0.407 e. The van der Waals surface area contributed by atoms with Crippen LogP contribution in [0, 0.1) is 0 Å². The number of nitrogens with one attached hydrogen (secondary N) is 1. The van der Waals surface area contributed by atoms with E-state index in [1.54, 1.807) is 45.1 Å². The van der Waals surface area contributed by atoms with E-state index in [1.165, 1.54) is 14.2 Å². The van der Waals surface area contributed by atoms with Gasteiger partial charge in [-0.25, -0.2) is 4.79 Å². The van der Waals surface area contributed by atoms with Crippen molar-refractivity contribution >= 4 is 18.5 Å². The van der Waals surface area contributed by atoms with Crippen molar-refractivity contribution in [2.75, 3.05) is 20.8 Å². The third-order valence-electron chi connectivity index (χ3n) is 2.78. The number of benzene rings is 1. The number of alkyl carbamates (subject to hydrolysis) is 1. The molecular weight excluding hydrogens is 298 g/mol. The Kier molecular flexibility index (Phi) is 6.63. The molecule has 1 amide bonds. The molecule has 0 saturated heterocycles.